The summed E-state index contributed by atoms with van der Waals surface area (Å²) in [5.41, 5.74) is 8.57. The van der Waals surface area contributed by atoms with E-state index in [2.05, 4.69) is 15.6 Å². The van der Waals surface area contributed by atoms with Crippen molar-refractivity contribution in [1.82, 2.24) is 15.6 Å². The van der Waals surface area contributed by atoms with Crippen LogP contribution in [0, 0.1) is 5.92 Å². The van der Waals surface area contributed by atoms with Crippen molar-refractivity contribution in [3.8, 4) is 0 Å². The van der Waals surface area contributed by atoms with Crippen LogP contribution >= 0.6 is 0 Å². The van der Waals surface area contributed by atoms with Gasteiger partial charge in [0, 0.05) is 18.0 Å². The molecule has 4 unspecified atom stereocenters. The molecule has 1 aromatic carbocycles. The Kier molecular flexibility index (Phi) is 5.24. The average molecular weight is 394 g/mol. The Morgan fingerprint density at radius 2 is 1.93 bits per heavy atom. The summed E-state index contributed by atoms with van der Waals surface area (Å²) in [6.45, 7) is 0. The number of carbonyl (C=O) groups is 1. The smallest absolute Gasteiger partial charge is 0.324 e. The van der Waals surface area contributed by atoms with E-state index in [-0.39, 0.29) is 24.0 Å². The van der Waals surface area contributed by atoms with E-state index in [0.717, 1.165) is 37.7 Å². The lowest BCUT2D eigenvalue weighted by Gasteiger charge is -2.32. The predicted molar refractivity (Wildman–Crippen MR) is 100 cm³/mol. The van der Waals surface area contributed by atoms with Crippen LogP contribution in [0.4, 0.5) is 0 Å². The zero-order valence-electron chi connectivity index (χ0n) is 15.5. The number of nitrogens with one attached hydrogen (secondary N) is 3. The van der Waals surface area contributed by atoms with Crippen LogP contribution in [0.15, 0.2) is 23.1 Å². The Hall–Kier alpha value is -1.48. The molecule has 2 aliphatic carbocycles. The predicted octanol–water partition coefficient (Wildman–Crippen LogP) is 1.03. The fraction of sp³-hybridized carbons (Fsp3) is 0.632. The van der Waals surface area contributed by atoms with Gasteiger partial charge in [-0.25, -0.2) is 18.6 Å². The van der Waals surface area contributed by atoms with Crippen LogP contribution in [0.2, 0.25) is 0 Å². The first kappa shape index (κ1) is 18.9. The van der Waals surface area contributed by atoms with Crippen molar-refractivity contribution in [1.29, 1.82) is 0 Å². The van der Waals surface area contributed by atoms with E-state index in [0.29, 0.717) is 11.3 Å². The number of fused-ring (bicyclic) bond motifs is 2. The Morgan fingerprint density at radius 1 is 1.15 bits per heavy atom. The van der Waals surface area contributed by atoms with Crippen LogP contribution in [0.3, 0.4) is 0 Å². The summed E-state index contributed by atoms with van der Waals surface area (Å²) in [5.74, 6) is -0.296. The van der Waals surface area contributed by atoms with Crippen LogP contribution in [0.25, 0.3) is 0 Å². The molecule has 8 heteroatoms. The van der Waals surface area contributed by atoms with Crippen molar-refractivity contribution in [2.75, 3.05) is 7.11 Å². The zero-order valence-corrected chi connectivity index (χ0v) is 16.3. The number of sulfonamides is 1. The van der Waals surface area contributed by atoms with E-state index in [1.54, 1.807) is 6.07 Å². The molecule has 1 aliphatic heterocycles. The number of rotatable bonds is 4. The molecule has 4 atom stereocenters. The number of hydrogen-bond donors (Lipinski definition) is 3. The second-order valence-corrected chi connectivity index (χ2v) is 9.54. The number of aryl methyl sites for hydroxylation is 2. The maximum atomic E-state index is 12.9. The van der Waals surface area contributed by atoms with Crippen molar-refractivity contribution in [2.45, 2.75) is 68.0 Å². The third kappa shape index (κ3) is 3.76. The van der Waals surface area contributed by atoms with E-state index in [1.807, 2.05) is 12.1 Å². The summed E-state index contributed by atoms with van der Waals surface area (Å²) in [7, 11) is -2.20. The molecule has 0 spiro atoms. The molecule has 3 N–H and O–H groups in total. The Labute approximate surface area is 160 Å². The highest BCUT2D eigenvalue weighted by Crippen LogP contribution is 2.32. The van der Waals surface area contributed by atoms with Gasteiger partial charge < -0.3 is 4.74 Å². The monoisotopic (exact) mass is 393 g/mol. The molecule has 1 saturated heterocycles. The van der Waals surface area contributed by atoms with Gasteiger partial charge in [-0.2, -0.15) is 0 Å². The average Bonchev–Trinajstić information content (AvgIpc) is 3.10. The van der Waals surface area contributed by atoms with Gasteiger partial charge in [0.1, 0.15) is 6.04 Å². The zero-order chi connectivity index (χ0) is 19.0. The van der Waals surface area contributed by atoms with E-state index in [4.69, 9.17) is 4.74 Å². The SMILES string of the molecule is COC(=O)C1NNC2CCC(NS(=O)(=O)c3ccc4c(c3)CCCC4)CC21. The van der Waals surface area contributed by atoms with E-state index in [1.165, 1.54) is 19.1 Å². The highest BCUT2D eigenvalue weighted by atomic mass is 32.2. The lowest BCUT2D eigenvalue weighted by molar-refractivity contribution is -0.144. The first-order valence-electron chi connectivity index (χ1n) is 9.71. The standard InChI is InChI=1S/C19H27N3O4S/c1-26-19(23)18-16-11-14(7-9-17(16)20-21-18)22-27(24,25)15-8-6-12-4-2-3-5-13(12)10-15/h6,8,10,14,16-18,20-22H,2-5,7,9,11H2,1H3. The summed E-state index contributed by atoms with van der Waals surface area (Å²) in [6.07, 6.45) is 6.43. The number of ether oxygens (including phenoxy) is 1. The van der Waals surface area contributed by atoms with Crippen LogP contribution in [-0.4, -0.2) is 39.6 Å². The van der Waals surface area contributed by atoms with Gasteiger partial charge in [-0.05, 0) is 68.2 Å². The molecule has 7 nitrogen and oxygen atoms in total. The number of benzene rings is 1. The van der Waals surface area contributed by atoms with Crippen molar-refractivity contribution in [3.63, 3.8) is 0 Å². The quantitative estimate of drug-likeness (QED) is 0.661. The Bertz CT molecular complexity index is 826. The van der Waals surface area contributed by atoms with Gasteiger partial charge in [0.15, 0.2) is 0 Å². The van der Waals surface area contributed by atoms with Gasteiger partial charge in [0.2, 0.25) is 10.0 Å². The maximum absolute atomic E-state index is 12.9. The molecule has 0 bridgehead atoms. The summed E-state index contributed by atoms with van der Waals surface area (Å²) in [5, 5.41) is 0. The van der Waals surface area contributed by atoms with Gasteiger partial charge in [0.25, 0.3) is 0 Å². The molecule has 0 aromatic heterocycles. The molecular formula is C19H27N3O4S. The van der Waals surface area contributed by atoms with Crippen LogP contribution in [-0.2, 0) is 32.4 Å². The minimum Gasteiger partial charge on any atom is -0.468 e. The fourth-order valence-electron chi connectivity index (χ4n) is 4.69. The molecule has 1 saturated carbocycles. The highest BCUT2D eigenvalue weighted by molar-refractivity contribution is 7.89. The molecule has 3 aliphatic rings. The maximum Gasteiger partial charge on any atom is 0.324 e. The lowest BCUT2D eigenvalue weighted by Crippen LogP contribution is -2.46. The van der Waals surface area contributed by atoms with Crippen molar-refractivity contribution >= 4 is 16.0 Å². The molecule has 27 heavy (non-hydrogen) atoms. The topological polar surface area (TPSA) is 96.5 Å². The number of methoxy groups -OCH3 is 1. The first-order chi connectivity index (χ1) is 13.0. The number of hydrazine groups is 1. The largest absolute Gasteiger partial charge is 0.468 e. The summed E-state index contributed by atoms with van der Waals surface area (Å²) in [6, 6.07) is 5.06. The third-order valence-corrected chi connectivity index (χ3v) is 7.68. The molecule has 1 heterocycles. The van der Waals surface area contributed by atoms with Crippen LogP contribution in [0.1, 0.15) is 43.2 Å². The number of hydrogen-bond acceptors (Lipinski definition) is 6. The summed E-state index contributed by atoms with van der Waals surface area (Å²) < 4.78 is 33.6. The Morgan fingerprint density at radius 3 is 2.70 bits per heavy atom. The normalized spacial score (nSPS) is 30.4. The van der Waals surface area contributed by atoms with Gasteiger partial charge >= 0.3 is 5.97 Å². The summed E-state index contributed by atoms with van der Waals surface area (Å²) in [4.78, 5) is 12.3. The molecule has 4 rings (SSSR count). The molecule has 148 valence electrons. The minimum atomic E-state index is -3.57. The van der Waals surface area contributed by atoms with Gasteiger partial charge in [0.05, 0.1) is 12.0 Å². The summed E-state index contributed by atoms with van der Waals surface area (Å²) >= 11 is 0. The molecule has 0 radical (unpaired) electrons. The second kappa shape index (κ2) is 7.50. The van der Waals surface area contributed by atoms with Crippen molar-refractivity contribution in [3.05, 3.63) is 29.3 Å². The molecule has 1 aromatic rings. The molecular weight excluding hydrogens is 366 g/mol. The van der Waals surface area contributed by atoms with Crippen molar-refractivity contribution < 1.29 is 17.9 Å². The van der Waals surface area contributed by atoms with Crippen molar-refractivity contribution in [2.24, 2.45) is 5.92 Å². The number of esters is 1. The van der Waals surface area contributed by atoms with E-state index < -0.39 is 16.1 Å². The third-order valence-electron chi connectivity index (χ3n) is 6.16. The van der Waals surface area contributed by atoms with E-state index in [9.17, 15) is 13.2 Å². The van der Waals surface area contributed by atoms with Crippen LogP contribution < -0.4 is 15.6 Å². The van der Waals surface area contributed by atoms with Gasteiger partial charge in [-0.3, -0.25) is 10.2 Å². The number of carbonyl (C=O) groups excluding carboxylic acids is 1. The van der Waals surface area contributed by atoms with E-state index >= 15 is 0 Å². The Balaban J connectivity index is 1.47. The molecule has 2 fully saturated rings. The minimum absolute atomic E-state index is 0.0161. The lowest BCUT2D eigenvalue weighted by atomic mass is 9.79. The molecule has 0 amide bonds. The van der Waals surface area contributed by atoms with Gasteiger partial charge in [-0.1, -0.05) is 6.07 Å². The van der Waals surface area contributed by atoms with Gasteiger partial charge in [-0.15, -0.1) is 0 Å². The fourth-order valence-corrected chi connectivity index (χ4v) is 6.02. The second-order valence-electron chi connectivity index (χ2n) is 7.83. The first-order valence-corrected chi connectivity index (χ1v) is 11.2. The highest BCUT2D eigenvalue weighted by Gasteiger charge is 2.44. The van der Waals surface area contributed by atoms with Crippen LogP contribution in [0.5, 0.6) is 0 Å².